The summed E-state index contributed by atoms with van der Waals surface area (Å²) in [7, 11) is 0. The largest absolute Gasteiger partial charge is 0.507 e. The topological polar surface area (TPSA) is 66.5 Å². The van der Waals surface area contributed by atoms with E-state index in [1.165, 1.54) is 0 Å². The number of aromatic hydroxyl groups is 1. The van der Waals surface area contributed by atoms with Gasteiger partial charge in [-0.05, 0) is 35.8 Å². The highest BCUT2D eigenvalue weighted by Gasteiger charge is 2.34. The van der Waals surface area contributed by atoms with E-state index >= 15 is 0 Å². The molecule has 4 N–H and O–H groups in total. The van der Waals surface area contributed by atoms with E-state index in [2.05, 4.69) is 0 Å². The zero-order valence-corrected chi connectivity index (χ0v) is 10.1. The van der Waals surface area contributed by atoms with Crippen LogP contribution >= 0.6 is 0 Å². The average Bonchev–Trinajstić information content (AvgIpc) is 3.22. The second-order valence-electron chi connectivity index (χ2n) is 5.07. The summed E-state index contributed by atoms with van der Waals surface area (Å²) in [6, 6.07) is 10.7. The van der Waals surface area contributed by atoms with Crippen molar-refractivity contribution in [1.82, 2.24) is 0 Å². The van der Waals surface area contributed by atoms with E-state index in [9.17, 15) is 10.2 Å². The van der Waals surface area contributed by atoms with Gasteiger partial charge in [-0.1, -0.05) is 30.3 Å². The van der Waals surface area contributed by atoms with E-state index in [0.29, 0.717) is 5.92 Å². The van der Waals surface area contributed by atoms with Crippen LogP contribution in [0.2, 0.25) is 0 Å². The molecular weight excluding hydrogens is 226 g/mol. The van der Waals surface area contributed by atoms with Crippen molar-refractivity contribution >= 4 is 10.8 Å². The molecule has 0 saturated heterocycles. The average molecular weight is 243 g/mol. The van der Waals surface area contributed by atoms with Gasteiger partial charge in [0.1, 0.15) is 5.75 Å². The molecule has 3 rings (SSSR count). The minimum absolute atomic E-state index is 0.252. The Labute approximate surface area is 106 Å². The molecule has 1 saturated carbocycles. The fourth-order valence-electron chi connectivity index (χ4n) is 2.51. The van der Waals surface area contributed by atoms with E-state index in [1.807, 2.05) is 30.3 Å². The van der Waals surface area contributed by atoms with Crippen LogP contribution in [0.1, 0.15) is 24.4 Å². The Bertz CT molecular complexity index is 578. The van der Waals surface area contributed by atoms with Crippen LogP contribution in [0.15, 0.2) is 36.4 Å². The van der Waals surface area contributed by atoms with Gasteiger partial charge < -0.3 is 15.9 Å². The molecule has 3 nitrogen and oxygen atoms in total. The number of hydrogen-bond donors (Lipinski definition) is 3. The molecule has 0 heterocycles. The second kappa shape index (κ2) is 4.26. The number of rotatable bonds is 3. The highest BCUT2D eigenvalue weighted by molar-refractivity contribution is 5.91. The molecule has 2 aromatic rings. The monoisotopic (exact) mass is 243 g/mol. The van der Waals surface area contributed by atoms with Gasteiger partial charge in [-0.2, -0.15) is 0 Å². The molecule has 0 radical (unpaired) electrons. The number of fused-ring (bicyclic) bond motifs is 1. The van der Waals surface area contributed by atoms with Gasteiger partial charge in [0, 0.05) is 5.39 Å². The predicted octanol–water partition coefficient (Wildman–Crippen LogP) is 2.32. The van der Waals surface area contributed by atoms with Gasteiger partial charge >= 0.3 is 0 Å². The molecule has 2 aromatic carbocycles. The molecule has 1 aliphatic carbocycles. The predicted molar refractivity (Wildman–Crippen MR) is 71.3 cm³/mol. The molecule has 0 unspecified atom stereocenters. The molecule has 1 aliphatic rings. The Hall–Kier alpha value is -1.58. The first-order valence-electron chi connectivity index (χ1n) is 6.33. The summed E-state index contributed by atoms with van der Waals surface area (Å²) in [5.74, 6) is 0.593. The lowest BCUT2D eigenvalue weighted by Crippen LogP contribution is -2.28. The Morgan fingerprint density at radius 1 is 1.06 bits per heavy atom. The minimum Gasteiger partial charge on any atom is -0.507 e. The number of nitrogens with two attached hydrogens (primary N) is 1. The standard InChI is InChI=1S/C15H17NO2/c16-14(15(18)9-5-6-9)12-7-8-13(17)11-4-2-1-3-10(11)12/h1-4,7-9,14-15,17-18H,5-6,16H2/t14-,15+/m1/s1. The fraction of sp³-hybridized carbons (Fsp3) is 0.333. The van der Waals surface area contributed by atoms with Crippen molar-refractivity contribution in [2.75, 3.05) is 0 Å². The van der Waals surface area contributed by atoms with Gasteiger partial charge in [0.05, 0.1) is 12.1 Å². The van der Waals surface area contributed by atoms with Gasteiger partial charge in [0.15, 0.2) is 0 Å². The van der Waals surface area contributed by atoms with Crippen molar-refractivity contribution in [1.29, 1.82) is 0 Å². The highest BCUT2D eigenvalue weighted by atomic mass is 16.3. The maximum absolute atomic E-state index is 10.2. The number of benzene rings is 2. The van der Waals surface area contributed by atoms with Crippen LogP contribution in [-0.2, 0) is 0 Å². The van der Waals surface area contributed by atoms with Crippen molar-refractivity contribution in [3.05, 3.63) is 42.0 Å². The fourth-order valence-corrected chi connectivity index (χ4v) is 2.51. The zero-order valence-electron chi connectivity index (χ0n) is 10.1. The first-order valence-corrected chi connectivity index (χ1v) is 6.33. The molecule has 94 valence electrons. The Balaban J connectivity index is 2.08. The number of phenols is 1. The van der Waals surface area contributed by atoms with E-state index in [-0.39, 0.29) is 11.8 Å². The highest BCUT2D eigenvalue weighted by Crippen LogP contribution is 2.39. The first-order chi connectivity index (χ1) is 8.68. The summed E-state index contributed by atoms with van der Waals surface area (Å²) >= 11 is 0. The molecular formula is C15H17NO2. The quantitative estimate of drug-likeness (QED) is 0.775. The molecule has 1 fully saturated rings. The first kappa shape index (κ1) is 11.5. The van der Waals surface area contributed by atoms with Crippen molar-refractivity contribution in [2.24, 2.45) is 11.7 Å². The summed E-state index contributed by atoms with van der Waals surface area (Å²) in [5, 5.41) is 21.7. The smallest absolute Gasteiger partial charge is 0.123 e. The van der Waals surface area contributed by atoms with Crippen LogP contribution in [0.25, 0.3) is 10.8 Å². The lowest BCUT2D eigenvalue weighted by atomic mass is 9.93. The molecule has 3 heteroatoms. The third-order valence-electron chi connectivity index (χ3n) is 3.77. The normalized spacial score (nSPS) is 18.8. The van der Waals surface area contributed by atoms with Crippen LogP contribution in [0, 0.1) is 5.92 Å². The number of aliphatic hydroxyl groups is 1. The van der Waals surface area contributed by atoms with Crippen LogP contribution in [0.3, 0.4) is 0 Å². The Morgan fingerprint density at radius 3 is 2.39 bits per heavy atom. The van der Waals surface area contributed by atoms with Crippen LogP contribution in [-0.4, -0.2) is 16.3 Å². The van der Waals surface area contributed by atoms with E-state index < -0.39 is 6.10 Å². The molecule has 2 atom stereocenters. The van der Waals surface area contributed by atoms with Crippen molar-refractivity contribution in [2.45, 2.75) is 25.0 Å². The van der Waals surface area contributed by atoms with E-state index in [1.54, 1.807) is 6.07 Å². The lowest BCUT2D eigenvalue weighted by Gasteiger charge is -2.20. The van der Waals surface area contributed by atoms with Gasteiger partial charge in [0.2, 0.25) is 0 Å². The summed E-state index contributed by atoms with van der Waals surface area (Å²) in [4.78, 5) is 0. The summed E-state index contributed by atoms with van der Waals surface area (Å²) in [5.41, 5.74) is 7.07. The van der Waals surface area contributed by atoms with Crippen LogP contribution < -0.4 is 5.73 Å². The second-order valence-corrected chi connectivity index (χ2v) is 5.07. The molecule has 0 spiro atoms. The summed E-state index contributed by atoms with van der Waals surface area (Å²) in [6.45, 7) is 0. The van der Waals surface area contributed by atoms with E-state index in [0.717, 1.165) is 29.2 Å². The van der Waals surface area contributed by atoms with Gasteiger partial charge in [-0.25, -0.2) is 0 Å². The van der Waals surface area contributed by atoms with E-state index in [4.69, 9.17) is 5.73 Å². The third kappa shape index (κ3) is 1.85. The SMILES string of the molecule is N[C@H](c1ccc(O)c2ccccc12)[C@@H](O)C1CC1. The third-order valence-corrected chi connectivity index (χ3v) is 3.77. The van der Waals surface area contributed by atoms with Crippen molar-refractivity contribution in [3.8, 4) is 5.75 Å². The van der Waals surface area contributed by atoms with Gasteiger partial charge in [-0.15, -0.1) is 0 Å². The summed E-state index contributed by atoms with van der Waals surface area (Å²) in [6.07, 6.45) is 1.63. The van der Waals surface area contributed by atoms with Crippen LogP contribution in [0.5, 0.6) is 5.75 Å². The Kier molecular flexibility index (Phi) is 2.73. The minimum atomic E-state index is -0.488. The molecule has 0 amide bonds. The molecule has 0 aromatic heterocycles. The Morgan fingerprint density at radius 2 is 1.72 bits per heavy atom. The molecule has 18 heavy (non-hydrogen) atoms. The van der Waals surface area contributed by atoms with Crippen molar-refractivity contribution < 1.29 is 10.2 Å². The molecule has 0 aliphatic heterocycles. The van der Waals surface area contributed by atoms with Gasteiger partial charge in [0.25, 0.3) is 0 Å². The number of aliphatic hydroxyl groups excluding tert-OH is 1. The lowest BCUT2D eigenvalue weighted by molar-refractivity contribution is 0.123. The number of phenolic OH excluding ortho intramolecular Hbond substituents is 1. The van der Waals surface area contributed by atoms with Gasteiger partial charge in [-0.3, -0.25) is 0 Å². The van der Waals surface area contributed by atoms with Crippen molar-refractivity contribution in [3.63, 3.8) is 0 Å². The number of hydrogen-bond acceptors (Lipinski definition) is 3. The maximum Gasteiger partial charge on any atom is 0.123 e. The maximum atomic E-state index is 10.2. The zero-order chi connectivity index (χ0) is 12.7. The summed E-state index contributed by atoms with van der Waals surface area (Å²) < 4.78 is 0. The molecule has 0 bridgehead atoms. The van der Waals surface area contributed by atoms with Crippen LogP contribution in [0.4, 0.5) is 0 Å².